The highest BCUT2D eigenvalue weighted by atomic mass is 19.1. The summed E-state index contributed by atoms with van der Waals surface area (Å²) < 4.78 is 12.6. The average Bonchev–Trinajstić information content (AvgIpc) is 2.03. The SMILES string of the molecule is CC(C)CN1CCCC(N)(CF)C1. The fraction of sp³-hybridized carbons (Fsp3) is 1.00. The van der Waals surface area contributed by atoms with Crippen LogP contribution < -0.4 is 5.73 Å². The minimum Gasteiger partial charge on any atom is -0.322 e. The first kappa shape index (κ1) is 10.9. The molecule has 1 saturated heterocycles. The zero-order valence-electron chi connectivity index (χ0n) is 8.72. The van der Waals surface area contributed by atoms with E-state index in [1.807, 2.05) is 0 Å². The van der Waals surface area contributed by atoms with Crippen LogP contribution in [0.25, 0.3) is 0 Å². The molecule has 13 heavy (non-hydrogen) atoms. The topological polar surface area (TPSA) is 29.3 Å². The van der Waals surface area contributed by atoms with E-state index in [1.165, 1.54) is 0 Å². The lowest BCUT2D eigenvalue weighted by molar-refractivity contribution is 0.117. The molecule has 0 radical (unpaired) electrons. The summed E-state index contributed by atoms with van der Waals surface area (Å²) in [5.74, 6) is 0.641. The molecule has 1 atom stereocenters. The van der Waals surface area contributed by atoms with Crippen molar-refractivity contribution < 1.29 is 4.39 Å². The van der Waals surface area contributed by atoms with E-state index in [0.29, 0.717) is 5.92 Å². The number of nitrogens with zero attached hydrogens (tertiary/aromatic N) is 1. The van der Waals surface area contributed by atoms with E-state index < -0.39 is 5.54 Å². The number of rotatable bonds is 3. The molecule has 1 rings (SSSR count). The number of alkyl halides is 1. The van der Waals surface area contributed by atoms with Gasteiger partial charge in [0, 0.05) is 13.1 Å². The first-order chi connectivity index (χ1) is 6.06. The van der Waals surface area contributed by atoms with E-state index >= 15 is 0 Å². The summed E-state index contributed by atoms with van der Waals surface area (Å²) in [4.78, 5) is 2.29. The summed E-state index contributed by atoms with van der Waals surface area (Å²) in [5.41, 5.74) is 5.35. The molecule has 1 heterocycles. The second kappa shape index (κ2) is 4.38. The van der Waals surface area contributed by atoms with Crippen LogP contribution in [0.1, 0.15) is 26.7 Å². The maximum Gasteiger partial charge on any atom is 0.109 e. The molecule has 1 fully saturated rings. The van der Waals surface area contributed by atoms with Crippen molar-refractivity contribution >= 4 is 0 Å². The second-order valence-corrected chi connectivity index (χ2v) is 4.73. The molecule has 0 aliphatic carbocycles. The van der Waals surface area contributed by atoms with Crippen LogP contribution in [-0.4, -0.2) is 36.7 Å². The van der Waals surface area contributed by atoms with Gasteiger partial charge in [0.2, 0.25) is 0 Å². The zero-order chi connectivity index (χ0) is 9.90. The van der Waals surface area contributed by atoms with Crippen molar-refractivity contribution in [2.75, 3.05) is 26.3 Å². The number of piperidine rings is 1. The molecule has 78 valence electrons. The first-order valence-corrected chi connectivity index (χ1v) is 5.13. The lowest BCUT2D eigenvalue weighted by atomic mass is 9.91. The normalized spacial score (nSPS) is 31.2. The lowest BCUT2D eigenvalue weighted by Crippen LogP contribution is -2.56. The van der Waals surface area contributed by atoms with Gasteiger partial charge in [0.1, 0.15) is 6.67 Å². The van der Waals surface area contributed by atoms with Gasteiger partial charge in [-0.15, -0.1) is 0 Å². The second-order valence-electron chi connectivity index (χ2n) is 4.73. The largest absolute Gasteiger partial charge is 0.322 e. The summed E-state index contributed by atoms with van der Waals surface area (Å²) >= 11 is 0. The summed E-state index contributed by atoms with van der Waals surface area (Å²) in [6.07, 6.45) is 1.87. The summed E-state index contributed by atoms with van der Waals surface area (Å²) in [7, 11) is 0. The van der Waals surface area contributed by atoms with Crippen LogP contribution in [0.4, 0.5) is 4.39 Å². The van der Waals surface area contributed by atoms with Gasteiger partial charge in [-0.3, -0.25) is 0 Å². The Hall–Kier alpha value is -0.150. The van der Waals surface area contributed by atoms with E-state index in [9.17, 15) is 4.39 Å². The fourth-order valence-electron chi connectivity index (χ4n) is 2.04. The average molecular weight is 188 g/mol. The highest BCUT2D eigenvalue weighted by molar-refractivity contribution is 4.91. The number of halogens is 1. The third-order valence-corrected chi connectivity index (χ3v) is 2.58. The van der Waals surface area contributed by atoms with Gasteiger partial charge in [0.15, 0.2) is 0 Å². The molecule has 1 aliphatic heterocycles. The van der Waals surface area contributed by atoms with Gasteiger partial charge < -0.3 is 10.6 Å². The van der Waals surface area contributed by atoms with Crippen LogP contribution in [-0.2, 0) is 0 Å². The smallest absolute Gasteiger partial charge is 0.109 e. The van der Waals surface area contributed by atoms with Crippen molar-refractivity contribution in [1.29, 1.82) is 0 Å². The van der Waals surface area contributed by atoms with Gasteiger partial charge in [0.05, 0.1) is 5.54 Å². The first-order valence-electron chi connectivity index (χ1n) is 5.13. The van der Waals surface area contributed by atoms with Gasteiger partial charge >= 0.3 is 0 Å². The summed E-state index contributed by atoms with van der Waals surface area (Å²) in [6, 6.07) is 0. The van der Waals surface area contributed by atoms with E-state index in [1.54, 1.807) is 0 Å². The molecule has 1 aliphatic rings. The van der Waals surface area contributed by atoms with Crippen LogP contribution in [0.5, 0.6) is 0 Å². The van der Waals surface area contributed by atoms with Crippen molar-refractivity contribution in [2.24, 2.45) is 11.7 Å². The Morgan fingerprint density at radius 2 is 2.23 bits per heavy atom. The van der Waals surface area contributed by atoms with Crippen molar-refractivity contribution in [3.63, 3.8) is 0 Å². The van der Waals surface area contributed by atoms with E-state index in [0.717, 1.165) is 32.5 Å². The molecule has 2 N–H and O–H groups in total. The molecule has 0 aromatic carbocycles. The molecule has 0 aromatic heterocycles. The Labute approximate surface area is 80.3 Å². The van der Waals surface area contributed by atoms with Gasteiger partial charge in [-0.1, -0.05) is 13.8 Å². The minimum atomic E-state index is -0.562. The maximum atomic E-state index is 12.6. The van der Waals surface area contributed by atoms with Crippen molar-refractivity contribution in [3.05, 3.63) is 0 Å². The van der Waals surface area contributed by atoms with Gasteiger partial charge in [-0.2, -0.15) is 0 Å². The molecule has 0 amide bonds. The van der Waals surface area contributed by atoms with Crippen LogP contribution in [0, 0.1) is 5.92 Å². The van der Waals surface area contributed by atoms with Gasteiger partial charge in [-0.05, 0) is 25.3 Å². The van der Waals surface area contributed by atoms with E-state index in [-0.39, 0.29) is 6.67 Å². The van der Waals surface area contributed by atoms with E-state index in [4.69, 9.17) is 5.73 Å². The summed E-state index contributed by atoms with van der Waals surface area (Å²) in [6.45, 7) is 6.82. The lowest BCUT2D eigenvalue weighted by Gasteiger charge is -2.39. The van der Waals surface area contributed by atoms with Gasteiger partial charge in [0.25, 0.3) is 0 Å². The fourth-order valence-corrected chi connectivity index (χ4v) is 2.04. The predicted octanol–water partition coefficient (Wildman–Crippen LogP) is 1.41. The molecule has 2 nitrogen and oxygen atoms in total. The van der Waals surface area contributed by atoms with Crippen LogP contribution in [0.3, 0.4) is 0 Å². The number of hydrogen-bond acceptors (Lipinski definition) is 2. The molecular formula is C10H21FN2. The predicted molar refractivity (Wildman–Crippen MR) is 53.4 cm³/mol. The molecule has 0 saturated carbocycles. The standard InChI is InChI=1S/C10H21FN2/c1-9(2)6-13-5-3-4-10(12,7-11)8-13/h9H,3-8,12H2,1-2H3. The van der Waals surface area contributed by atoms with Crippen LogP contribution >= 0.6 is 0 Å². The number of nitrogens with two attached hydrogens (primary N) is 1. The van der Waals surface area contributed by atoms with E-state index in [2.05, 4.69) is 18.7 Å². The Morgan fingerprint density at radius 3 is 2.77 bits per heavy atom. The molecule has 1 unspecified atom stereocenters. The van der Waals surface area contributed by atoms with Crippen molar-refractivity contribution in [2.45, 2.75) is 32.2 Å². The Kier molecular flexibility index (Phi) is 3.68. The van der Waals surface area contributed by atoms with Crippen molar-refractivity contribution in [3.8, 4) is 0 Å². The Morgan fingerprint density at radius 1 is 1.54 bits per heavy atom. The quantitative estimate of drug-likeness (QED) is 0.725. The third-order valence-electron chi connectivity index (χ3n) is 2.58. The molecular weight excluding hydrogens is 167 g/mol. The molecule has 0 spiro atoms. The highest BCUT2D eigenvalue weighted by Crippen LogP contribution is 2.19. The van der Waals surface area contributed by atoms with Crippen molar-refractivity contribution in [1.82, 2.24) is 4.90 Å². The van der Waals surface area contributed by atoms with Crippen LogP contribution in [0.15, 0.2) is 0 Å². The molecule has 3 heteroatoms. The summed E-state index contributed by atoms with van der Waals surface area (Å²) in [5, 5.41) is 0. The number of hydrogen-bond donors (Lipinski definition) is 1. The molecule has 0 aromatic rings. The highest BCUT2D eigenvalue weighted by Gasteiger charge is 2.31. The third kappa shape index (κ3) is 3.24. The number of likely N-dealkylation sites (tertiary alicyclic amines) is 1. The Bertz CT molecular complexity index is 161. The molecule has 0 bridgehead atoms. The van der Waals surface area contributed by atoms with Crippen LogP contribution in [0.2, 0.25) is 0 Å². The minimum absolute atomic E-state index is 0.387. The zero-order valence-corrected chi connectivity index (χ0v) is 8.72. The monoisotopic (exact) mass is 188 g/mol. The van der Waals surface area contributed by atoms with Gasteiger partial charge in [-0.25, -0.2) is 4.39 Å². The maximum absolute atomic E-state index is 12.6. The Balaban J connectivity index is 2.42.